The summed E-state index contributed by atoms with van der Waals surface area (Å²) in [5, 5.41) is 4.72. The summed E-state index contributed by atoms with van der Waals surface area (Å²) in [7, 11) is 0. The Balaban J connectivity index is 2.57. The molecule has 0 saturated carbocycles. The fourth-order valence-electron chi connectivity index (χ4n) is 2.22. The number of rotatable bonds is 7. The summed E-state index contributed by atoms with van der Waals surface area (Å²) in [4.78, 5) is 23.6. The Hall–Kier alpha value is -2.05. The van der Waals surface area contributed by atoms with Crippen LogP contribution in [-0.2, 0) is 15.8 Å². The van der Waals surface area contributed by atoms with Crippen LogP contribution in [0.15, 0.2) is 24.3 Å². The van der Waals surface area contributed by atoms with Crippen LogP contribution in [0.5, 0.6) is 0 Å². The van der Waals surface area contributed by atoms with E-state index >= 15 is 0 Å². The quantitative estimate of drug-likeness (QED) is 0.735. The van der Waals surface area contributed by atoms with E-state index in [2.05, 4.69) is 17.6 Å². The predicted molar refractivity (Wildman–Crippen MR) is 86.4 cm³/mol. The summed E-state index contributed by atoms with van der Waals surface area (Å²) >= 11 is 0. The van der Waals surface area contributed by atoms with Crippen LogP contribution in [0.3, 0.4) is 0 Å². The van der Waals surface area contributed by atoms with E-state index in [0.717, 1.165) is 37.8 Å². The minimum atomic E-state index is -4.50. The topological polar surface area (TPSA) is 58.2 Å². The number of carbonyl (C=O) groups excluding carboxylic acids is 2. The van der Waals surface area contributed by atoms with Crippen molar-refractivity contribution in [3.63, 3.8) is 0 Å². The van der Waals surface area contributed by atoms with Gasteiger partial charge in [-0.05, 0) is 30.5 Å². The molecule has 2 N–H and O–H groups in total. The van der Waals surface area contributed by atoms with Crippen LogP contribution in [-0.4, -0.2) is 18.4 Å². The van der Waals surface area contributed by atoms with Crippen LogP contribution in [0.25, 0.3) is 0 Å². The lowest BCUT2D eigenvalue weighted by Crippen LogP contribution is -2.38. The van der Waals surface area contributed by atoms with E-state index in [4.69, 9.17) is 0 Å². The molecule has 1 rings (SSSR count). The molecular formula is C17H23F3N2O2. The van der Waals surface area contributed by atoms with E-state index in [9.17, 15) is 22.8 Å². The summed E-state index contributed by atoms with van der Waals surface area (Å²) in [5.41, 5.74) is -0.950. The van der Waals surface area contributed by atoms with Gasteiger partial charge >= 0.3 is 18.0 Å². The molecule has 1 aromatic carbocycles. The molecule has 0 spiro atoms. The molecule has 1 aromatic rings. The van der Waals surface area contributed by atoms with E-state index in [0.29, 0.717) is 6.54 Å². The maximum atomic E-state index is 12.6. The van der Waals surface area contributed by atoms with Crippen molar-refractivity contribution in [1.29, 1.82) is 0 Å². The van der Waals surface area contributed by atoms with E-state index in [1.165, 1.54) is 12.1 Å². The summed E-state index contributed by atoms with van der Waals surface area (Å²) in [5.74, 6) is -1.53. The van der Waals surface area contributed by atoms with Crippen molar-refractivity contribution in [1.82, 2.24) is 5.32 Å². The van der Waals surface area contributed by atoms with Gasteiger partial charge in [0.15, 0.2) is 0 Å². The SMILES string of the molecule is CCCC[C@@H](CC)CNC(=O)C(=O)Nc1cccc(C(F)(F)F)c1. The van der Waals surface area contributed by atoms with E-state index in [-0.39, 0.29) is 11.6 Å². The van der Waals surface area contributed by atoms with E-state index in [1.54, 1.807) is 0 Å². The molecule has 0 aliphatic heterocycles. The molecule has 0 radical (unpaired) electrons. The fourth-order valence-corrected chi connectivity index (χ4v) is 2.22. The molecule has 2 amide bonds. The lowest BCUT2D eigenvalue weighted by molar-refractivity contribution is -0.137. The molecular weight excluding hydrogens is 321 g/mol. The second-order valence-electron chi connectivity index (χ2n) is 5.66. The molecule has 0 aliphatic rings. The summed E-state index contributed by atoms with van der Waals surface area (Å²) < 4.78 is 37.9. The fraction of sp³-hybridized carbons (Fsp3) is 0.529. The smallest absolute Gasteiger partial charge is 0.348 e. The molecule has 1 atom stereocenters. The second-order valence-corrected chi connectivity index (χ2v) is 5.66. The highest BCUT2D eigenvalue weighted by molar-refractivity contribution is 6.39. The van der Waals surface area contributed by atoms with Crippen molar-refractivity contribution in [2.24, 2.45) is 5.92 Å². The first-order chi connectivity index (χ1) is 11.3. The normalized spacial score (nSPS) is 12.5. The average molecular weight is 344 g/mol. The Morgan fingerprint density at radius 3 is 2.46 bits per heavy atom. The summed E-state index contributed by atoms with van der Waals surface area (Å²) in [6, 6.07) is 4.17. The lowest BCUT2D eigenvalue weighted by Gasteiger charge is -2.15. The van der Waals surface area contributed by atoms with Crippen molar-refractivity contribution >= 4 is 17.5 Å². The Morgan fingerprint density at radius 1 is 1.17 bits per heavy atom. The highest BCUT2D eigenvalue weighted by atomic mass is 19.4. The Labute approximate surface area is 139 Å². The third kappa shape index (κ3) is 6.60. The first kappa shape index (κ1) is 20.0. The van der Waals surface area contributed by atoms with Gasteiger partial charge < -0.3 is 10.6 Å². The Morgan fingerprint density at radius 2 is 1.88 bits per heavy atom. The molecule has 0 unspecified atom stereocenters. The predicted octanol–water partition coefficient (Wildman–Crippen LogP) is 3.98. The molecule has 134 valence electrons. The van der Waals surface area contributed by atoms with Crippen molar-refractivity contribution in [2.45, 2.75) is 45.7 Å². The first-order valence-electron chi connectivity index (χ1n) is 8.04. The van der Waals surface area contributed by atoms with Crippen LogP contribution in [0.2, 0.25) is 0 Å². The Kier molecular flexibility index (Phi) is 7.74. The van der Waals surface area contributed by atoms with Crippen LogP contribution < -0.4 is 10.6 Å². The van der Waals surface area contributed by atoms with Gasteiger partial charge in [0.25, 0.3) is 0 Å². The standard InChI is InChI=1S/C17H23F3N2O2/c1-3-5-7-12(4-2)11-21-15(23)16(24)22-14-9-6-8-13(10-14)17(18,19)20/h6,8-10,12H,3-5,7,11H2,1-2H3,(H,21,23)(H,22,24)/t12-/m1/s1. The minimum Gasteiger partial charge on any atom is -0.348 e. The lowest BCUT2D eigenvalue weighted by atomic mass is 9.99. The highest BCUT2D eigenvalue weighted by Crippen LogP contribution is 2.30. The van der Waals surface area contributed by atoms with Gasteiger partial charge in [0.05, 0.1) is 5.56 Å². The number of carbonyl (C=O) groups is 2. The molecule has 0 saturated heterocycles. The molecule has 0 fully saturated rings. The summed E-state index contributed by atoms with van der Waals surface area (Å²) in [6.45, 7) is 4.47. The largest absolute Gasteiger partial charge is 0.416 e. The molecule has 7 heteroatoms. The summed E-state index contributed by atoms with van der Waals surface area (Å²) in [6.07, 6.45) is -0.556. The molecule has 24 heavy (non-hydrogen) atoms. The number of hydrogen-bond donors (Lipinski definition) is 2. The maximum absolute atomic E-state index is 12.6. The number of halogens is 3. The molecule has 0 aromatic heterocycles. The number of benzene rings is 1. The van der Waals surface area contributed by atoms with Gasteiger partial charge in [-0.15, -0.1) is 0 Å². The second kappa shape index (κ2) is 9.30. The molecule has 0 aliphatic carbocycles. The maximum Gasteiger partial charge on any atom is 0.416 e. The minimum absolute atomic E-state index is 0.0667. The van der Waals surface area contributed by atoms with Gasteiger partial charge in [-0.1, -0.05) is 39.2 Å². The van der Waals surface area contributed by atoms with Gasteiger partial charge in [-0.3, -0.25) is 9.59 Å². The zero-order valence-corrected chi connectivity index (χ0v) is 13.9. The number of amides is 2. The highest BCUT2D eigenvalue weighted by Gasteiger charge is 2.30. The monoisotopic (exact) mass is 344 g/mol. The van der Waals surface area contributed by atoms with Crippen LogP contribution in [0, 0.1) is 5.92 Å². The van der Waals surface area contributed by atoms with E-state index in [1.807, 2.05) is 6.92 Å². The van der Waals surface area contributed by atoms with Gasteiger partial charge in [0.2, 0.25) is 0 Å². The molecule has 0 bridgehead atoms. The van der Waals surface area contributed by atoms with E-state index < -0.39 is 23.6 Å². The van der Waals surface area contributed by atoms with Gasteiger partial charge in [-0.2, -0.15) is 13.2 Å². The van der Waals surface area contributed by atoms with Crippen molar-refractivity contribution < 1.29 is 22.8 Å². The zero-order chi connectivity index (χ0) is 18.2. The third-order valence-electron chi connectivity index (χ3n) is 3.75. The number of unbranched alkanes of at least 4 members (excludes halogenated alkanes) is 1. The Bertz CT molecular complexity index is 559. The number of alkyl halides is 3. The van der Waals surface area contributed by atoms with Gasteiger partial charge in [0, 0.05) is 12.2 Å². The van der Waals surface area contributed by atoms with Crippen LogP contribution in [0.1, 0.15) is 45.1 Å². The van der Waals surface area contributed by atoms with Gasteiger partial charge in [-0.25, -0.2) is 0 Å². The zero-order valence-electron chi connectivity index (χ0n) is 13.9. The average Bonchev–Trinajstić information content (AvgIpc) is 2.54. The van der Waals surface area contributed by atoms with Crippen molar-refractivity contribution in [3.8, 4) is 0 Å². The first-order valence-corrected chi connectivity index (χ1v) is 8.04. The number of hydrogen-bond acceptors (Lipinski definition) is 2. The van der Waals surface area contributed by atoms with Crippen LogP contribution in [0.4, 0.5) is 18.9 Å². The van der Waals surface area contributed by atoms with Crippen molar-refractivity contribution in [3.05, 3.63) is 29.8 Å². The number of nitrogens with one attached hydrogen (secondary N) is 2. The van der Waals surface area contributed by atoms with Crippen LogP contribution >= 0.6 is 0 Å². The van der Waals surface area contributed by atoms with Crippen molar-refractivity contribution in [2.75, 3.05) is 11.9 Å². The third-order valence-corrected chi connectivity index (χ3v) is 3.75. The molecule has 0 heterocycles. The number of anilines is 1. The molecule has 4 nitrogen and oxygen atoms in total. The van der Waals surface area contributed by atoms with Gasteiger partial charge in [0.1, 0.15) is 0 Å².